The zero-order valence-electron chi connectivity index (χ0n) is 11.4. The fourth-order valence-electron chi connectivity index (χ4n) is 1.56. The first kappa shape index (κ1) is 15.5. The number of hydrogen-bond donors (Lipinski definition) is 2. The molecule has 0 spiro atoms. The molecule has 0 unspecified atom stereocenters. The second-order valence-electron chi connectivity index (χ2n) is 4.16. The minimum atomic E-state index is -0.833. The molecule has 0 saturated heterocycles. The molecule has 0 aliphatic heterocycles. The molecular weight excluding hydrogens is 252 g/mol. The summed E-state index contributed by atoms with van der Waals surface area (Å²) in [5.41, 5.74) is 2.06. The van der Waals surface area contributed by atoms with Crippen molar-refractivity contribution in [2.75, 3.05) is 0 Å². The summed E-state index contributed by atoms with van der Waals surface area (Å²) >= 11 is 0. The first-order chi connectivity index (χ1) is 9.59. The summed E-state index contributed by atoms with van der Waals surface area (Å²) in [6, 6.07) is 19.7. The summed E-state index contributed by atoms with van der Waals surface area (Å²) in [6.45, 7) is 1.08. The molecule has 0 aliphatic carbocycles. The molecule has 2 aromatic carbocycles. The smallest absolute Gasteiger partial charge is 0.300 e. The van der Waals surface area contributed by atoms with Gasteiger partial charge in [-0.1, -0.05) is 60.7 Å². The van der Waals surface area contributed by atoms with Gasteiger partial charge in [0.05, 0.1) is 0 Å². The number of carboxylic acids is 1. The number of aliphatic carboxylic acids is 1. The van der Waals surface area contributed by atoms with Crippen LogP contribution in [0.1, 0.15) is 18.1 Å². The molecule has 104 valence electrons. The number of rotatable bonds is 3. The fraction of sp³-hybridized carbons (Fsp3) is 0.118. The second kappa shape index (κ2) is 8.53. The van der Waals surface area contributed by atoms with Gasteiger partial charge in [-0.2, -0.15) is 0 Å². The van der Waals surface area contributed by atoms with E-state index in [0.29, 0.717) is 5.76 Å². The molecule has 3 nitrogen and oxygen atoms in total. The average molecular weight is 270 g/mol. The molecule has 0 amide bonds. The Labute approximate surface area is 118 Å². The van der Waals surface area contributed by atoms with Crippen LogP contribution in [0.15, 0.2) is 66.7 Å². The van der Waals surface area contributed by atoms with Gasteiger partial charge < -0.3 is 10.2 Å². The van der Waals surface area contributed by atoms with E-state index in [0.717, 1.165) is 18.9 Å². The molecule has 0 saturated carbocycles. The molecule has 2 rings (SSSR count). The summed E-state index contributed by atoms with van der Waals surface area (Å²) in [7, 11) is 0. The van der Waals surface area contributed by atoms with Crippen LogP contribution in [0.5, 0.6) is 0 Å². The molecule has 0 fully saturated rings. The topological polar surface area (TPSA) is 57.5 Å². The lowest BCUT2D eigenvalue weighted by molar-refractivity contribution is -0.134. The minimum Gasteiger partial charge on any atom is -0.508 e. The molecule has 0 atom stereocenters. The number of carboxylic acid groups (broad SMARTS) is 1. The Morgan fingerprint density at radius 1 is 0.950 bits per heavy atom. The summed E-state index contributed by atoms with van der Waals surface area (Å²) in [4.78, 5) is 9.00. The maximum absolute atomic E-state index is 9.84. The standard InChI is InChI=1S/C15H14O.C2H4O2/c16-15(14-9-5-2-6-10-14)12-11-13-7-3-1-4-8-13;1-2(3)4/h1-10,12,16H,11H2;1H3,(H,3,4). The van der Waals surface area contributed by atoms with Crippen molar-refractivity contribution in [2.45, 2.75) is 13.3 Å². The molecular formula is C17H18O3. The van der Waals surface area contributed by atoms with Gasteiger partial charge in [-0.05, 0) is 18.1 Å². The van der Waals surface area contributed by atoms with Gasteiger partial charge in [0.15, 0.2) is 0 Å². The van der Waals surface area contributed by atoms with Crippen molar-refractivity contribution >= 4 is 11.7 Å². The van der Waals surface area contributed by atoms with Crippen molar-refractivity contribution in [3.8, 4) is 0 Å². The van der Waals surface area contributed by atoms with E-state index in [1.54, 1.807) is 0 Å². The third kappa shape index (κ3) is 6.40. The maximum Gasteiger partial charge on any atom is 0.300 e. The summed E-state index contributed by atoms with van der Waals surface area (Å²) in [5, 5.41) is 17.3. The summed E-state index contributed by atoms with van der Waals surface area (Å²) in [5.74, 6) is -0.496. The van der Waals surface area contributed by atoms with Crippen molar-refractivity contribution in [1.82, 2.24) is 0 Å². The maximum atomic E-state index is 9.84. The van der Waals surface area contributed by atoms with E-state index in [-0.39, 0.29) is 0 Å². The van der Waals surface area contributed by atoms with Crippen molar-refractivity contribution in [1.29, 1.82) is 0 Å². The van der Waals surface area contributed by atoms with Crippen LogP contribution in [0.4, 0.5) is 0 Å². The number of aliphatic hydroxyl groups excluding tert-OH is 1. The van der Waals surface area contributed by atoms with Crippen molar-refractivity contribution in [2.24, 2.45) is 0 Å². The van der Waals surface area contributed by atoms with E-state index in [2.05, 4.69) is 12.1 Å². The van der Waals surface area contributed by atoms with Gasteiger partial charge in [0.1, 0.15) is 5.76 Å². The third-order valence-electron chi connectivity index (χ3n) is 2.44. The quantitative estimate of drug-likeness (QED) is 0.831. The Morgan fingerprint density at radius 3 is 1.90 bits per heavy atom. The molecule has 0 bridgehead atoms. The SMILES string of the molecule is CC(=O)O.OC(=CCc1ccccc1)c1ccccc1. The van der Waals surface area contributed by atoms with Crippen LogP contribution in [0.25, 0.3) is 5.76 Å². The van der Waals surface area contributed by atoms with Crippen LogP contribution in [0.3, 0.4) is 0 Å². The highest BCUT2D eigenvalue weighted by Gasteiger charge is 1.96. The zero-order valence-corrected chi connectivity index (χ0v) is 11.4. The Bertz CT molecular complexity index is 541. The van der Waals surface area contributed by atoms with Gasteiger partial charge in [0.2, 0.25) is 0 Å². The van der Waals surface area contributed by atoms with E-state index in [1.165, 1.54) is 5.56 Å². The van der Waals surface area contributed by atoms with Crippen molar-refractivity contribution < 1.29 is 15.0 Å². The molecule has 20 heavy (non-hydrogen) atoms. The first-order valence-electron chi connectivity index (χ1n) is 6.27. The number of aliphatic hydroxyl groups is 1. The van der Waals surface area contributed by atoms with Gasteiger partial charge in [0, 0.05) is 12.5 Å². The summed E-state index contributed by atoms with van der Waals surface area (Å²) in [6.07, 6.45) is 2.59. The Hall–Kier alpha value is -2.55. The highest BCUT2D eigenvalue weighted by atomic mass is 16.4. The molecule has 0 aromatic heterocycles. The van der Waals surface area contributed by atoms with E-state index in [1.807, 2.05) is 54.6 Å². The van der Waals surface area contributed by atoms with E-state index >= 15 is 0 Å². The van der Waals surface area contributed by atoms with Gasteiger partial charge in [-0.25, -0.2) is 0 Å². The number of allylic oxidation sites excluding steroid dienone is 1. The highest BCUT2D eigenvalue weighted by molar-refractivity contribution is 5.63. The highest BCUT2D eigenvalue weighted by Crippen LogP contribution is 2.11. The number of benzene rings is 2. The molecule has 0 heterocycles. The van der Waals surface area contributed by atoms with Gasteiger partial charge in [-0.15, -0.1) is 0 Å². The second-order valence-corrected chi connectivity index (χ2v) is 4.16. The Kier molecular flexibility index (Phi) is 6.62. The Morgan fingerprint density at radius 2 is 1.40 bits per heavy atom. The van der Waals surface area contributed by atoms with Crippen LogP contribution in [0, 0.1) is 0 Å². The zero-order chi connectivity index (χ0) is 14.8. The predicted octanol–water partition coefficient (Wildman–Crippen LogP) is 3.92. The first-order valence-corrected chi connectivity index (χ1v) is 6.27. The average Bonchev–Trinajstić information content (AvgIpc) is 2.46. The van der Waals surface area contributed by atoms with Crippen LogP contribution < -0.4 is 0 Å². The van der Waals surface area contributed by atoms with E-state index in [9.17, 15) is 5.11 Å². The van der Waals surface area contributed by atoms with Gasteiger partial charge in [0.25, 0.3) is 5.97 Å². The van der Waals surface area contributed by atoms with Crippen LogP contribution in [-0.4, -0.2) is 16.2 Å². The minimum absolute atomic E-state index is 0.337. The lowest BCUT2D eigenvalue weighted by atomic mass is 10.1. The summed E-state index contributed by atoms with van der Waals surface area (Å²) < 4.78 is 0. The fourth-order valence-corrected chi connectivity index (χ4v) is 1.56. The normalized spacial score (nSPS) is 10.3. The lowest BCUT2D eigenvalue weighted by Gasteiger charge is -2.00. The Balaban J connectivity index is 0.000000444. The van der Waals surface area contributed by atoms with Crippen LogP contribution in [0.2, 0.25) is 0 Å². The van der Waals surface area contributed by atoms with E-state index in [4.69, 9.17) is 9.90 Å². The largest absolute Gasteiger partial charge is 0.508 e. The van der Waals surface area contributed by atoms with Gasteiger partial charge in [-0.3, -0.25) is 4.79 Å². The molecule has 0 radical (unpaired) electrons. The monoisotopic (exact) mass is 270 g/mol. The molecule has 2 aromatic rings. The van der Waals surface area contributed by atoms with Crippen LogP contribution in [-0.2, 0) is 11.2 Å². The lowest BCUT2D eigenvalue weighted by Crippen LogP contribution is -1.85. The number of hydrogen-bond acceptors (Lipinski definition) is 2. The molecule has 3 heteroatoms. The van der Waals surface area contributed by atoms with Crippen LogP contribution >= 0.6 is 0 Å². The van der Waals surface area contributed by atoms with Gasteiger partial charge >= 0.3 is 0 Å². The number of carbonyl (C=O) groups is 1. The third-order valence-corrected chi connectivity index (χ3v) is 2.44. The van der Waals surface area contributed by atoms with E-state index < -0.39 is 5.97 Å². The van der Waals surface area contributed by atoms with Crippen molar-refractivity contribution in [3.63, 3.8) is 0 Å². The van der Waals surface area contributed by atoms with Crippen molar-refractivity contribution in [3.05, 3.63) is 77.9 Å². The molecule has 0 aliphatic rings. The molecule has 2 N–H and O–H groups in total. The predicted molar refractivity (Wildman–Crippen MR) is 80.5 cm³/mol.